The summed E-state index contributed by atoms with van der Waals surface area (Å²) < 4.78 is 43.5. The largest absolute Gasteiger partial charge is 0.416 e. The van der Waals surface area contributed by atoms with Gasteiger partial charge in [-0.2, -0.15) is 13.2 Å². The lowest BCUT2D eigenvalue weighted by Gasteiger charge is -2.34. The molecule has 6 nitrogen and oxygen atoms in total. The van der Waals surface area contributed by atoms with Gasteiger partial charge in [0.15, 0.2) is 0 Å². The highest BCUT2D eigenvalue weighted by atomic mass is 19.4. The van der Waals surface area contributed by atoms with E-state index in [-0.39, 0.29) is 50.3 Å². The minimum Gasteiger partial charge on any atom is -0.370 e. The summed E-state index contributed by atoms with van der Waals surface area (Å²) in [5, 5.41) is 0. The quantitative estimate of drug-likeness (QED) is 0.761. The van der Waals surface area contributed by atoms with Crippen LogP contribution in [0.3, 0.4) is 0 Å². The second-order valence-corrected chi connectivity index (χ2v) is 6.19. The maximum absolute atomic E-state index is 12.6. The average molecular weight is 370 g/mol. The highest BCUT2D eigenvalue weighted by molar-refractivity contribution is 6.04. The lowest BCUT2D eigenvalue weighted by Crippen LogP contribution is -2.47. The van der Waals surface area contributed by atoms with Crippen LogP contribution >= 0.6 is 0 Å². The van der Waals surface area contributed by atoms with Crippen LogP contribution in [0.25, 0.3) is 0 Å². The summed E-state index contributed by atoms with van der Waals surface area (Å²) in [6.45, 7) is 0.364. The fourth-order valence-electron chi connectivity index (χ4n) is 3.00. The molecule has 140 valence electrons. The van der Waals surface area contributed by atoms with Crippen molar-refractivity contribution in [3.63, 3.8) is 0 Å². The van der Waals surface area contributed by atoms with Gasteiger partial charge in [-0.15, -0.1) is 0 Å². The average Bonchev–Trinajstić information content (AvgIpc) is 2.93. The Morgan fingerprint density at radius 2 is 1.73 bits per heavy atom. The van der Waals surface area contributed by atoms with Crippen LogP contribution in [0.2, 0.25) is 0 Å². The predicted octanol–water partition coefficient (Wildman–Crippen LogP) is 1.75. The number of amides is 3. The molecule has 0 N–H and O–H groups in total. The Morgan fingerprint density at radius 1 is 1.12 bits per heavy atom. The Hall–Kier alpha value is -2.42. The Kier molecular flexibility index (Phi) is 4.99. The predicted molar refractivity (Wildman–Crippen MR) is 82.7 cm³/mol. The highest BCUT2D eigenvalue weighted by Crippen LogP contribution is 2.31. The van der Waals surface area contributed by atoms with Gasteiger partial charge in [0, 0.05) is 19.4 Å². The molecule has 0 unspecified atom stereocenters. The van der Waals surface area contributed by atoms with Crippen molar-refractivity contribution < 1.29 is 32.3 Å². The Labute approximate surface area is 147 Å². The highest BCUT2D eigenvalue weighted by Gasteiger charge is 2.34. The van der Waals surface area contributed by atoms with Gasteiger partial charge in [-0.05, 0) is 17.7 Å². The minimum absolute atomic E-state index is 0.114. The van der Waals surface area contributed by atoms with Crippen LogP contribution < -0.4 is 0 Å². The number of carbonyl (C=O) groups is 3. The molecular weight excluding hydrogens is 353 g/mol. The SMILES string of the molecule is O=C(CN1C(=O)CCC1=O)N1CCO[C@H](c2ccc(C(F)(F)F)cc2)C1. The van der Waals surface area contributed by atoms with Crippen LogP contribution in [0.1, 0.15) is 30.1 Å². The normalized spacial score (nSPS) is 21.4. The fraction of sp³-hybridized carbons (Fsp3) is 0.471. The number of halogens is 3. The number of likely N-dealkylation sites (tertiary alicyclic amines) is 1. The van der Waals surface area contributed by atoms with Gasteiger partial charge in [0.25, 0.3) is 0 Å². The third kappa shape index (κ3) is 3.87. The number of hydrogen-bond donors (Lipinski definition) is 0. The van der Waals surface area contributed by atoms with Gasteiger partial charge in [-0.25, -0.2) is 0 Å². The van der Waals surface area contributed by atoms with E-state index in [0.29, 0.717) is 12.1 Å². The van der Waals surface area contributed by atoms with Crippen molar-refractivity contribution in [3.05, 3.63) is 35.4 Å². The van der Waals surface area contributed by atoms with Crippen LogP contribution in [-0.2, 0) is 25.3 Å². The number of imide groups is 1. The third-order valence-corrected chi connectivity index (χ3v) is 4.48. The van der Waals surface area contributed by atoms with Gasteiger partial charge in [0.05, 0.1) is 18.7 Å². The Balaban J connectivity index is 1.64. The molecule has 1 aromatic rings. The number of rotatable bonds is 3. The second kappa shape index (κ2) is 7.06. The molecular formula is C17H17F3N2O4. The third-order valence-electron chi connectivity index (χ3n) is 4.48. The minimum atomic E-state index is -4.41. The molecule has 0 aliphatic carbocycles. The topological polar surface area (TPSA) is 66.9 Å². The number of hydrogen-bond acceptors (Lipinski definition) is 4. The summed E-state index contributed by atoms with van der Waals surface area (Å²) in [5.41, 5.74) is -0.222. The maximum Gasteiger partial charge on any atom is 0.416 e. The zero-order chi connectivity index (χ0) is 18.9. The van der Waals surface area contributed by atoms with Crippen LogP contribution in [-0.4, -0.2) is 53.8 Å². The van der Waals surface area contributed by atoms with Crippen molar-refractivity contribution in [3.8, 4) is 0 Å². The van der Waals surface area contributed by atoms with Gasteiger partial charge < -0.3 is 9.64 Å². The molecule has 0 bridgehead atoms. The number of alkyl halides is 3. The van der Waals surface area contributed by atoms with E-state index in [9.17, 15) is 27.6 Å². The first-order valence-corrected chi connectivity index (χ1v) is 8.15. The van der Waals surface area contributed by atoms with E-state index in [1.165, 1.54) is 17.0 Å². The molecule has 2 saturated heterocycles. The number of nitrogens with zero attached hydrogens (tertiary/aromatic N) is 2. The van der Waals surface area contributed by atoms with Gasteiger partial charge >= 0.3 is 6.18 Å². The summed E-state index contributed by atoms with van der Waals surface area (Å²) in [6.07, 6.45) is -4.74. The molecule has 2 fully saturated rings. The van der Waals surface area contributed by atoms with Gasteiger partial charge in [0.2, 0.25) is 17.7 Å². The first-order valence-electron chi connectivity index (χ1n) is 8.15. The monoisotopic (exact) mass is 370 g/mol. The number of morpholine rings is 1. The molecule has 2 aliphatic rings. The molecule has 3 rings (SSSR count). The summed E-state index contributed by atoms with van der Waals surface area (Å²) >= 11 is 0. The van der Waals surface area contributed by atoms with Crippen LogP contribution in [0, 0.1) is 0 Å². The molecule has 1 aromatic carbocycles. The van der Waals surface area contributed by atoms with Crippen molar-refractivity contribution in [2.24, 2.45) is 0 Å². The van der Waals surface area contributed by atoms with Gasteiger partial charge in [-0.3, -0.25) is 19.3 Å². The van der Waals surface area contributed by atoms with Crippen LogP contribution in [0.15, 0.2) is 24.3 Å². The van der Waals surface area contributed by atoms with E-state index in [0.717, 1.165) is 17.0 Å². The molecule has 3 amide bonds. The Bertz CT molecular complexity index is 702. The standard InChI is InChI=1S/C17H17F3N2O4/c18-17(19,20)12-3-1-11(2-4-12)13-9-21(7-8-26-13)16(25)10-22-14(23)5-6-15(22)24/h1-4,13H,5-10H2/t13-/m0/s1. The van der Waals surface area contributed by atoms with E-state index in [4.69, 9.17) is 4.74 Å². The summed E-state index contributed by atoms with van der Waals surface area (Å²) in [4.78, 5) is 38.0. The molecule has 0 radical (unpaired) electrons. The van der Waals surface area contributed by atoms with E-state index in [1.807, 2.05) is 0 Å². The lowest BCUT2D eigenvalue weighted by atomic mass is 10.1. The van der Waals surface area contributed by atoms with Crippen molar-refractivity contribution in [1.29, 1.82) is 0 Å². The summed E-state index contributed by atoms with van der Waals surface area (Å²) in [5.74, 6) is -1.11. The van der Waals surface area contributed by atoms with Crippen LogP contribution in [0.4, 0.5) is 13.2 Å². The number of benzene rings is 1. The van der Waals surface area contributed by atoms with Crippen molar-refractivity contribution in [1.82, 2.24) is 9.80 Å². The molecule has 2 aliphatic heterocycles. The summed E-state index contributed by atoms with van der Waals surface area (Å²) in [6, 6.07) is 4.60. The number of ether oxygens (including phenoxy) is 1. The number of carbonyl (C=O) groups excluding carboxylic acids is 3. The first-order chi connectivity index (χ1) is 12.3. The van der Waals surface area contributed by atoms with E-state index < -0.39 is 17.8 Å². The zero-order valence-electron chi connectivity index (χ0n) is 13.8. The van der Waals surface area contributed by atoms with E-state index in [2.05, 4.69) is 0 Å². The smallest absolute Gasteiger partial charge is 0.370 e. The van der Waals surface area contributed by atoms with E-state index in [1.54, 1.807) is 0 Å². The van der Waals surface area contributed by atoms with Gasteiger partial charge in [-0.1, -0.05) is 12.1 Å². The maximum atomic E-state index is 12.6. The molecule has 0 spiro atoms. The molecule has 26 heavy (non-hydrogen) atoms. The summed E-state index contributed by atoms with van der Waals surface area (Å²) in [7, 11) is 0. The molecule has 2 heterocycles. The van der Waals surface area contributed by atoms with Crippen molar-refractivity contribution in [2.75, 3.05) is 26.2 Å². The molecule has 0 aromatic heterocycles. The molecule has 0 saturated carbocycles. The second-order valence-electron chi connectivity index (χ2n) is 6.19. The van der Waals surface area contributed by atoms with Gasteiger partial charge in [0.1, 0.15) is 12.6 Å². The van der Waals surface area contributed by atoms with Crippen LogP contribution in [0.5, 0.6) is 0 Å². The lowest BCUT2D eigenvalue weighted by molar-refractivity contribution is -0.148. The molecule has 9 heteroatoms. The van der Waals surface area contributed by atoms with Crippen molar-refractivity contribution >= 4 is 17.7 Å². The zero-order valence-corrected chi connectivity index (χ0v) is 13.8. The Morgan fingerprint density at radius 3 is 2.31 bits per heavy atom. The van der Waals surface area contributed by atoms with Crippen molar-refractivity contribution in [2.45, 2.75) is 25.1 Å². The fourth-order valence-corrected chi connectivity index (χ4v) is 3.00. The first kappa shape index (κ1) is 18.4. The molecule has 1 atom stereocenters. The van der Waals surface area contributed by atoms with E-state index >= 15 is 0 Å².